The molecule has 1 aliphatic rings. The molecule has 1 amide bonds. The van der Waals surface area contributed by atoms with Gasteiger partial charge < -0.3 is 10.6 Å². The summed E-state index contributed by atoms with van der Waals surface area (Å²) in [5.41, 5.74) is 0. The zero-order chi connectivity index (χ0) is 16.0. The van der Waals surface area contributed by atoms with Crippen molar-refractivity contribution in [2.45, 2.75) is 36.6 Å². The summed E-state index contributed by atoms with van der Waals surface area (Å²) in [6.45, 7) is 1.63. The molecule has 1 heterocycles. The molecule has 2 N–H and O–H groups in total. The summed E-state index contributed by atoms with van der Waals surface area (Å²) in [6.07, 6.45) is 2.80. The van der Waals surface area contributed by atoms with Crippen molar-refractivity contribution in [3.63, 3.8) is 0 Å². The maximum Gasteiger partial charge on any atom is 0.220 e. The van der Waals surface area contributed by atoms with Gasteiger partial charge in [-0.15, -0.1) is 0 Å². The maximum absolute atomic E-state index is 12.1. The molecule has 1 saturated heterocycles. The van der Waals surface area contributed by atoms with Crippen LogP contribution in [0.2, 0.25) is 0 Å². The summed E-state index contributed by atoms with van der Waals surface area (Å²) in [7, 11) is -3.32. The molecule has 1 aliphatic heterocycles. The number of rotatable bonds is 7. The number of benzene rings is 1. The Kier molecular flexibility index (Phi) is 6.40. The van der Waals surface area contributed by atoms with Crippen LogP contribution < -0.4 is 10.6 Å². The third-order valence-electron chi connectivity index (χ3n) is 3.70. The van der Waals surface area contributed by atoms with Crippen LogP contribution >= 0.6 is 15.9 Å². The van der Waals surface area contributed by atoms with Crippen molar-refractivity contribution in [3.8, 4) is 0 Å². The fourth-order valence-corrected chi connectivity index (χ4v) is 4.01. The quantitative estimate of drug-likeness (QED) is 0.747. The third-order valence-corrected chi connectivity index (χ3v) is 6.04. The highest BCUT2D eigenvalue weighted by molar-refractivity contribution is 9.10. The van der Waals surface area contributed by atoms with Crippen molar-refractivity contribution in [1.29, 1.82) is 0 Å². The number of nitrogens with one attached hydrogen (secondary N) is 2. The summed E-state index contributed by atoms with van der Waals surface area (Å²) in [5.74, 6) is -0.0938. The average molecular weight is 389 g/mol. The number of sulfone groups is 1. The van der Waals surface area contributed by atoms with Gasteiger partial charge in [0.05, 0.1) is 10.6 Å². The molecule has 0 radical (unpaired) electrons. The van der Waals surface area contributed by atoms with E-state index >= 15 is 0 Å². The van der Waals surface area contributed by atoms with Crippen molar-refractivity contribution in [2.24, 2.45) is 0 Å². The van der Waals surface area contributed by atoms with Gasteiger partial charge in [0.25, 0.3) is 0 Å². The first-order valence-electron chi connectivity index (χ1n) is 7.46. The van der Waals surface area contributed by atoms with Gasteiger partial charge in [-0.05, 0) is 50.1 Å². The fraction of sp³-hybridized carbons (Fsp3) is 0.533. The summed E-state index contributed by atoms with van der Waals surface area (Å²) in [4.78, 5) is 12.0. The highest BCUT2D eigenvalue weighted by atomic mass is 79.9. The number of amides is 1. The lowest BCUT2D eigenvalue weighted by atomic mass is 10.2. The van der Waals surface area contributed by atoms with E-state index in [4.69, 9.17) is 0 Å². The number of carbonyl (C=O) groups excluding carboxylic acids is 1. The molecule has 0 aromatic heterocycles. The van der Waals surface area contributed by atoms with Gasteiger partial charge in [-0.3, -0.25) is 4.79 Å². The van der Waals surface area contributed by atoms with Crippen molar-refractivity contribution >= 4 is 31.7 Å². The molecule has 5 nitrogen and oxygen atoms in total. The van der Waals surface area contributed by atoms with E-state index in [1.165, 1.54) is 0 Å². The number of hydrogen-bond donors (Lipinski definition) is 2. The molecule has 1 unspecified atom stereocenters. The molecule has 122 valence electrons. The second-order valence-corrected chi connectivity index (χ2v) is 8.50. The lowest BCUT2D eigenvalue weighted by molar-refractivity contribution is -0.121. The van der Waals surface area contributed by atoms with E-state index in [9.17, 15) is 13.2 Å². The summed E-state index contributed by atoms with van der Waals surface area (Å²) in [6, 6.07) is 6.91. The smallest absolute Gasteiger partial charge is 0.220 e. The van der Waals surface area contributed by atoms with Crippen LogP contribution in [-0.2, 0) is 14.6 Å². The molecule has 0 bridgehead atoms. The first-order chi connectivity index (χ1) is 10.5. The minimum atomic E-state index is -3.32. The van der Waals surface area contributed by atoms with E-state index in [1.807, 2.05) is 0 Å². The minimum Gasteiger partial charge on any atom is -0.355 e. The summed E-state index contributed by atoms with van der Waals surface area (Å²) in [5, 5.41) is 6.16. The number of hydrogen-bond acceptors (Lipinski definition) is 4. The molecule has 0 aliphatic carbocycles. The van der Waals surface area contributed by atoms with Gasteiger partial charge in [-0.25, -0.2) is 8.42 Å². The van der Waals surface area contributed by atoms with Crippen molar-refractivity contribution in [1.82, 2.24) is 10.6 Å². The zero-order valence-corrected chi connectivity index (χ0v) is 14.7. The molecule has 1 atom stereocenters. The minimum absolute atomic E-state index is 0.0102. The van der Waals surface area contributed by atoms with E-state index in [1.54, 1.807) is 24.3 Å². The Morgan fingerprint density at radius 3 is 2.68 bits per heavy atom. The van der Waals surface area contributed by atoms with Crippen LogP contribution in [0.25, 0.3) is 0 Å². The van der Waals surface area contributed by atoms with E-state index < -0.39 is 9.84 Å². The fourth-order valence-electron chi connectivity index (χ4n) is 2.44. The first-order valence-corrected chi connectivity index (χ1v) is 9.90. The van der Waals surface area contributed by atoms with Crippen LogP contribution in [0.4, 0.5) is 0 Å². The van der Waals surface area contributed by atoms with Crippen LogP contribution in [0.3, 0.4) is 0 Å². The van der Waals surface area contributed by atoms with Crippen LogP contribution in [0.15, 0.2) is 33.6 Å². The Morgan fingerprint density at radius 1 is 1.32 bits per heavy atom. The summed E-state index contributed by atoms with van der Waals surface area (Å²) < 4.78 is 25.1. The normalized spacial score (nSPS) is 18.3. The molecule has 2 rings (SSSR count). The van der Waals surface area contributed by atoms with Gasteiger partial charge in [-0.2, -0.15) is 0 Å². The summed E-state index contributed by atoms with van der Waals surface area (Å²) >= 11 is 3.28. The highest BCUT2D eigenvalue weighted by Gasteiger charge is 2.16. The lowest BCUT2D eigenvalue weighted by Crippen LogP contribution is -2.37. The zero-order valence-electron chi connectivity index (χ0n) is 12.3. The number of carbonyl (C=O) groups is 1. The Bertz CT molecular complexity index is 596. The van der Waals surface area contributed by atoms with Crippen LogP contribution in [0.1, 0.15) is 25.7 Å². The highest BCUT2D eigenvalue weighted by Crippen LogP contribution is 2.16. The Hall–Kier alpha value is -0.920. The standard InChI is InChI=1S/C15H21BrN2O3S/c16-12-5-7-14(8-6-12)22(20,21)10-2-4-15(19)18-11-13-3-1-9-17-13/h5-8,13,17H,1-4,9-11H2,(H,18,19). The Labute approximate surface area is 139 Å². The molecule has 1 fully saturated rings. The third kappa shape index (κ3) is 5.37. The van der Waals surface area contributed by atoms with Crippen LogP contribution in [0.5, 0.6) is 0 Å². The lowest BCUT2D eigenvalue weighted by Gasteiger charge is -2.11. The van der Waals surface area contributed by atoms with Gasteiger partial charge >= 0.3 is 0 Å². The van der Waals surface area contributed by atoms with Gasteiger partial charge in [0, 0.05) is 23.5 Å². The van der Waals surface area contributed by atoms with E-state index in [0.717, 1.165) is 23.9 Å². The number of halogens is 1. The van der Waals surface area contributed by atoms with E-state index in [0.29, 0.717) is 23.9 Å². The van der Waals surface area contributed by atoms with Gasteiger partial charge in [0.2, 0.25) is 5.91 Å². The molecule has 1 aromatic rings. The first kappa shape index (κ1) is 17.4. The van der Waals surface area contributed by atoms with Crippen molar-refractivity contribution in [2.75, 3.05) is 18.8 Å². The van der Waals surface area contributed by atoms with E-state index in [2.05, 4.69) is 26.6 Å². The molecule has 1 aromatic carbocycles. The molecule has 7 heteroatoms. The van der Waals surface area contributed by atoms with Gasteiger partial charge in [0.15, 0.2) is 9.84 Å². The molecular weight excluding hydrogens is 368 g/mol. The molecule has 0 spiro atoms. The van der Waals surface area contributed by atoms with Crippen LogP contribution in [0, 0.1) is 0 Å². The predicted molar refractivity (Wildman–Crippen MR) is 89.5 cm³/mol. The SMILES string of the molecule is O=C(CCCS(=O)(=O)c1ccc(Br)cc1)NCC1CCCN1. The Morgan fingerprint density at radius 2 is 2.05 bits per heavy atom. The van der Waals surface area contributed by atoms with Crippen molar-refractivity contribution < 1.29 is 13.2 Å². The van der Waals surface area contributed by atoms with Gasteiger partial charge in [-0.1, -0.05) is 15.9 Å². The van der Waals surface area contributed by atoms with E-state index in [-0.39, 0.29) is 18.1 Å². The average Bonchev–Trinajstić information content (AvgIpc) is 2.99. The maximum atomic E-state index is 12.1. The second kappa shape index (κ2) is 8.08. The monoisotopic (exact) mass is 388 g/mol. The largest absolute Gasteiger partial charge is 0.355 e. The van der Waals surface area contributed by atoms with Crippen LogP contribution in [-0.4, -0.2) is 39.2 Å². The molecule has 0 saturated carbocycles. The Balaban J connectivity index is 1.72. The van der Waals surface area contributed by atoms with Gasteiger partial charge in [0.1, 0.15) is 0 Å². The van der Waals surface area contributed by atoms with Crippen molar-refractivity contribution in [3.05, 3.63) is 28.7 Å². The predicted octanol–water partition coefficient (Wildman–Crippen LogP) is 1.87. The molecular formula is C15H21BrN2O3S. The topological polar surface area (TPSA) is 75.3 Å². The second-order valence-electron chi connectivity index (χ2n) is 5.47. The molecule has 22 heavy (non-hydrogen) atoms.